The zero-order chi connectivity index (χ0) is 22.6. The monoisotopic (exact) mass is 417 g/mol. The van der Waals surface area contributed by atoms with Gasteiger partial charge in [-0.1, -0.05) is 78.8 Å². The largest absolute Gasteiger partial charge is 0.353 e. The number of pyridine rings is 1. The van der Waals surface area contributed by atoms with Gasteiger partial charge in [0.15, 0.2) is 5.82 Å². The van der Waals surface area contributed by atoms with E-state index in [2.05, 4.69) is 114 Å². The van der Waals surface area contributed by atoms with Crippen molar-refractivity contribution in [2.24, 2.45) is 5.92 Å². The normalized spacial score (nSPS) is 16.1. The zero-order valence-electron chi connectivity index (χ0n) is 20.3. The van der Waals surface area contributed by atoms with Gasteiger partial charge in [-0.15, -0.1) is 0 Å². The minimum absolute atomic E-state index is 0.0195. The van der Waals surface area contributed by atoms with E-state index in [1.165, 1.54) is 5.56 Å². The lowest BCUT2D eigenvalue weighted by molar-refractivity contribution is 0.327. The number of nitrogens with one attached hydrogen (secondary N) is 2. The molecule has 166 valence electrons. The van der Waals surface area contributed by atoms with E-state index in [-0.39, 0.29) is 10.8 Å². The van der Waals surface area contributed by atoms with Crippen LogP contribution in [0.3, 0.4) is 0 Å². The summed E-state index contributed by atoms with van der Waals surface area (Å²) in [5.74, 6) is 1.41. The van der Waals surface area contributed by atoms with E-state index in [0.29, 0.717) is 5.92 Å². The molecule has 2 N–H and O–H groups in total. The second-order valence-electron chi connectivity index (χ2n) is 10.2. The Bertz CT molecular complexity index is 962. The first-order valence-corrected chi connectivity index (χ1v) is 11.7. The quantitative estimate of drug-likeness (QED) is 0.478. The number of anilines is 3. The van der Waals surface area contributed by atoms with Gasteiger partial charge in [0.2, 0.25) is 0 Å². The maximum atomic E-state index is 5.07. The van der Waals surface area contributed by atoms with Gasteiger partial charge in [-0.05, 0) is 60.4 Å². The molecule has 0 aliphatic heterocycles. The van der Waals surface area contributed by atoms with Crippen molar-refractivity contribution in [1.82, 2.24) is 4.98 Å². The van der Waals surface area contributed by atoms with E-state index >= 15 is 0 Å². The highest BCUT2D eigenvalue weighted by Crippen LogP contribution is 2.41. The summed E-state index contributed by atoms with van der Waals surface area (Å²) in [5, 5.41) is 7.31. The molecule has 0 saturated carbocycles. The van der Waals surface area contributed by atoms with Crippen LogP contribution in [0.4, 0.5) is 17.2 Å². The van der Waals surface area contributed by atoms with Gasteiger partial charge >= 0.3 is 0 Å². The molecule has 0 radical (unpaired) electrons. The Balaban J connectivity index is 2.06. The van der Waals surface area contributed by atoms with E-state index in [9.17, 15) is 0 Å². The Morgan fingerprint density at radius 3 is 2.29 bits per heavy atom. The summed E-state index contributed by atoms with van der Waals surface area (Å²) in [4.78, 5) is 5.07. The lowest BCUT2D eigenvalue weighted by Gasteiger charge is -2.35. The van der Waals surface area contributed by atoms with Crippen LogP contribution in [-0.4, -0.2) is 4.98 Å². The van der Waals surface area contributed by atoms with Crippen LogP contribution in [0.1, 0.15) is 79.0 Å². The predicted molar refractivity (Wildman–Crippen MR) is 135 cm³/mol. The minimum Gasteiger partial charge on any atom is -0.353 e. The zero-order valence-corrected chi connectivity index (χ0v) is 20.3. The van der Waals surface area contributed by atoms with Gasteiger partial charge in [0.1, 0.15) is 0 Å². The van der Waals surface area contributed by atoms with E-state index in [0.717, 1.165) is 47.8 Å². The van der Waals surface area contributed by atoms with Crippen LogP contribution in [-0.2, 0) is 10.8 Å². The molecule has 3 rings (SSSR count). The SMILES string of the molecule is CCC(C)(c1ccccc1Nc1nc(C(C)(C)C)ccc1NC1=CCCC=C1)C(C)C. The second-order valence-corrected chi connectivity index (χ2v) is 10.2. The second kappa shape index (κ2) is 9.30. The van der Waals surface area contributed by atoms with Crippen LogP contribution in [0.5, 0.6) is 0 Å². The Morgan fingerprint density at radius 1 is 0.935 bits per heavy atom. The summed E-state index contributed by atoms with van der Waals surface area (Å²) in [6, 6.07) is 13.0. The molecule has 1 unspecified atom stereocenters. The molecule has 1 atom stereocenters. The number of allylic oxidation sites excluding steroid dienone is 3. The highest BCUT2D eigenvalue weighted by Gasteiger charge is 2.31. The van der Waals surface area contributed by atoms with Crippen LogP contribution < -0.4 is 10.6 Å². The molecule has 0 spiro atoms. The number of benzene rings is 1. The molecule has 0 bridgehead atoms. The molecular weight excluding hydrogens is 378 g/mol. The fraction of sp³-hybridized carbons (Fsp3) is 0.464. The van der Waals surface area contributed by atoms with Crippen molar-refractivity contribution in [2.45, 2.75) is 78.6 Å². The first kappa shape index (κ1) is 23.1. The lowest BCUT2D eigenvalue weighted by atomic mass is 9.71. The Morgan fingerprint density at radius 2 is 1.68 bits per heavy atom. The minimum atomic E-state index is -0.0195. The number of hydrogen-bond acceptors (Lipinski definition) is 3. The highest BCUT2D eigenvalue weighted by molar-refractivity contribution is 5.75. The first-order valence-electron chi connectivity index (χ1n) is 11.7. The third-order valence-electron chi connectivity index (χ3n) is 6.74. The van der Waals surface area contributed by atoms with Gasteiger partial charge in [-0.3, -0.25) is 0 Å². The van der Waals surface area contributed by atoms with Crippen LogP contribution in [0.15, 0.2) is 60.3 Å². The fourth-order valence-electron chi connectivity index (χ4n) is 4.06. The van der Waals surface area contributed by atoms with E-state index in [4.69, 9.17) is 4.98 Å². The van der Waals surface area contributed by atoms with Gasteiger partial charge in [0, 0.05) is 22.5 Å². The highest BCUT2D eigenvalue weighted by atomic mass is 15.1. The summed E-state index contributed by atoms with van der Waals surface area (Å²) in [6.45, 7) is 15.9. The Kier molecular flexibility index (Phi) is 6.93. The smallest absolute Gasteiger partial charge is 0.154 e. The van der Waals surface area contributed by atoms with Crippen LogP contribution >= 0.6 is 0 Å². The van der Waals surface area contributed by atoms with E-state index in [1.54, 1.807) is 0 Å². The third kappa shape index (κ3) is 5.20. The van der Waals surface area contributed by atoms with E-state index in [1.807, 2.05) is 0 Å². The fourth-order valence-corrected chi connectivity index (χ4v) is 4.06. The first-order chi connectivity index (χ1) is 14.6. The van der Waals surface area contributed by atoms with Crippen molar-refractivity contribution < 1.29 is 0 Å². The molecule has 0 amide bonds. The number of para-hydroxylation sites is 1. The Labute approximate surface area is 189 Å². The molecule has 1 aromatic carbocycles. The number of hydrogen-bond donors (Lipinski definition) is 2. The average Bonchev–Trinajstić information content (AvgIpc) is 2.74. The summed E-state index contributed by atoms with van der Waals surface area (Å²) >= 11 is 0. The van der Waals surface area contributed by atoms with Gasteiger partial charge in [-0.2, -0.15) is 0 Å². The van der Waals surface area contributed by atoms with Crippen LogP contribution in [0.25, 0.3) is 0 Å². The molecule has 2 aromatic rings. The third-order valence-corrected chi connectivity index (χ3v) is 6.74. The topological polar surface area (TPSA) is 37.0 Å². The maximum Gasteiger partial charge on any atom is 0.154 e. The molecule has 1 aromatic heterocycles. The molecule has 1 aliphatic rings. The van der Waals surface area contributed by atoms with Gasteiger partial charge in [0.05, 0.1) is 5.69 Å². The summed E-state index contributed by atoms with van der Waals surface area (Å²) in [7, 11) is 0. The predicted octanol–water partition coefficient (Wildman–Crippen LogP) is 8.09. The molecule has 31 heavy (non-hydrogen) atoms. The summed E-state index contributed by atoms with van der Waals surface area (Å²) in [6.07, 6.45) is 9.89. The van der Waals surface area contributed by atoms with Crippen LogP contribution in [0.2, 0.25) is 0 Å². The molecule has 3 heteroatoms. The molecular formula is C28H39N3. The maximum absolute atomic E-state index is 5.07. The number of rotatable bonds is 7. The summed E-state index contributed by atoms with van der Waals surface area (Å²) < 4.78 is 0. The van der Waals surface area contributed by atoms with Gasteiger partial charge < -0.3 is 10.6 Å². The van der Waals surface area contributed by atoms with Gasteiger partial charge in [-0.25, -0.2) is 4.98 Å². The average molecular weight is 418 g/mol. The standard InChI is InChI=1S/C28H39N3/c1-8-28(7,20(2)3)22-16-12-13-17-23(22)30-26-24(29-21-14-10-9-11-15-21)18-19-25(31-26)27(4,5)6/h10,12-20,29H,8-9,11H2,1-7H3,(H,30,31). The van der Waals surface area contributed by atoms with Crippen molar-refractivity contribution in [2.75, 3.05) is 10.6 Å². The van der Waals surface area contributed by atoms with Gasteiger partial charge in [0.25, 0.3) is 0 Å². The summed E-state index contributed by atoms with van der Waals surface area (Å²) in [5.41, 5.74) is 5.76. The van der Waals surface area contributed by atoms with Crippen molar-refractivity contribution in [3.8, 4) is 0 Å². The molecule has 0 saturated heterocycles. The Hall–Kier alpha value is -2.55. The van der Waals surface area contributed by atoms with Crippen molar-refractivity contribution in [3.63, 3.8) is 0 Å². The lowest BCUT2D eigenvalue weighted by Crippen LogP contribution is -2.28. The van der Waals surface area contributed by atoms with Crippen molar-refractivity contribution in [3.05, 3.63) is 71.6 Å². The van der Waals surface area contributed by atoms with Crippen LogP contribution in [0, 0.1) is 5.92 Å². The van der Waals surface area contributed by atoms with Crippen molar-refractivity contribution in [1.29, 1.82) is 0 Å². The molecule has 0 fully saturated rings. The number of nitrogens with zero attached hydrogens (tertiary/aromatic N) is 1. The molecule has 1 aliphatic carbocycles. The van der Waals surface area contributed by atoms with Crippen molar-refractivity contribution >= 4 is 17.2 Å². The number of aromatic nitrogens is 1. The molecule has 1 heterocycles. The van der Waals surface area contributed by atoms with E-state index < -0.39 is 0 Å². The molecule has 3 nitrogen and oxygen atoms in total.